The molecule has 0 radical (unpaired) electrons. The van der Waals surface area contributed by atoms with Crippen LogP contribution in [0.4, 0.5) is 4.39 Å². The van der Waals surface area contributed by atoms with Crippen LogP contribution in [0.25, 0.3) is 0 Å². The molecule has 0 unspecified atom stereocenters. The summed E-state index contributed by atoms with van der Waals surface area (Å²) in [6.07, 6.45) is 0. The maximum Gasteiger partial charge on any atom is 0.243 e. The lowest BCUT2D eigenvalue weighted by molar-refractivity contribution is 0.284. The fraction of sp³-hybridized carbons (Fsp3) is 0.455. The van der Waals surface area contributed by atoms with Crippen molar-refractivity contribution in [2.45, 2.75) is 17.9 Å². The fourth-order valence-corrected chi connectivity index (χ4v) is 3.85. The third kappa shape index (κ3) is 2.51. The van der Waals surface area contributed by atoms with Gasteiger partial charge >= 0.3 is 0 Å². The first-order valence-corrected chi connectivity index (χ1v) is 7.42. The van der Waals surface area contributed by atoms with Crippen molar-refractivity contribution >= 4 is 21.6 Å². The zero-order valence-corrected chi connectivity index (χ0v) is 11.4. The van der Waals surface area contributed by atoms with Crippen LogP contribution in [0.3, 0.4) is 0 Å². The van der Waals surface area contributed by atoms with Gasteiger partial charge < -0.3 is 5.32 Å². The summed E-state index contributed by atoms with van der Waals surface area (Å²) in [4.78, 5) is 0.0302. The largest absolute Gasteiger partial charge is 0.314 e. The van der Waals surface area contributed by atoms with E-state index in [2.05, 4.69) is 5.32 Å². The molecule has 18 heavy (non-hydrogen) atoms. The standard InChI is InChI=1S/C11H14ClFN2O2S/c1-8-7-14-4-5-15(8)18(16,17)9-2-3-11(13)10(12)6-9/h2-3,6,8,14H,4-5,7H2,1H3/t8-/m0/s1. The number of nitrogens with zero attached hydrogens (tertiary/aromatic N) is 1. The third-order valence-electron chi connectivity index (χ3n) is 2.94. The number of nitrogens with one attached hydrogen (secondary N) is 1. The molecule has 1 aliphatic rings. The summed E-state index contributed by atoms with van der Waals surface area (Å²) < 4.78 is 39.2. The molecule has 1 aromatic rings. The summed E-state index contributed by atoms with van der Waals surface area (Å²) in [6, 6.07) is 3.33. The zero-order chi connectivity index (χ0) is 13.3. The van der Waals surface area contributed by atoms with Gasteiger partial charge in [0, 0.05) is 25.7 Å². The van der Waals surface area contributed by atoms with Crippen LogP contribution in [-0.2, 0) is 10.0 Å². The highest BCUT2D eigenvalue weighted by Crippen LogP contribution is 2.23. The molecule has 1 atom stereocenters. The Balaban J connectivity index is 2.37. The highest BCUT2D eigenvalue weighted by Gasteiger charge is 2.31. The van der Waals surface area contributed by atoms with Crippen LogP contribution in [-0.4, -0.2) is 38.4 Å². The highest BCUT2D eigenvalue weighted by atomic mass is 35.5. The van der Waals surface area contributed by atoms with Crippen LogP contribution in [0.15, 0.2) is 23.1 Å². The molecule has 0 aliphatic carbocycles. The summed E-state index contributed by atoms with van der Waals surface area (Å²) in [7, 11) is -3.61. The lowest BCUT2D eigenvalue weighted by Crippen LogP contribution is -2.52. The maximum absolute atomic E-state index is 13.1. The van der Waals surface area contributed by atoms with Crippen molar-refractivity contribution in [3.8, 4) is 0 Å². The predicted molar refractivity (Wildman–Crippen MR) is 67.6 cm³/mol. The molecule has 1 heterocycles. The number of rotatable bonds is 2. The van der Waals surface area contributed by atoms with E-state index < -0.39 is 15.8 Å². The molecule has 1 fully saturated rings. The van der Waals surface area contributed by atoms with Crippen LogP contribution in [0.5, 0.6) is 0 Å². The molecular formula is C11H14ClFN2O2S. The Morgan fingerprint density at radius 3 is 2.83 bits per heavy atom. The average molecular weight is 293 g/mol. The molecule has 100 valence electrons. The van der Waals surface area contributed by atoms with Crippen molar-refractivity contribution in [3.05, 3.63) is 29.0 Å². The van der Waals surface area contributed by atoms with Gasteiger partial charge in [0.15, 0.2) is 0 Å². The Labute approximate surface area is 111 Å². The van der Waals surface area contributed by atoms with Gasteiger partial charge in [-0.25, -0.2) is 12.8 Å². The van der Waals surface area contributed by atoms with Crippen molar-refractivity contribution in [2.75, 3.05) is 19.6 Å². The van der Waals surface area contributed by atoms with E-state index in [1.807, 2.05) is 6.92 Å². The molecule has 4 nitrogen and oxygen atoms in total. The van der Waals surface area contributed by atoms with Crippen LogP contribution >= 0.6 is 11.6 Å². The Kier molecular flexibility index (Phi) is 3.91. The van der Waals surface area contributed by atoms with Crippen LogP contribution in [0, 0.1) is 5.82 Å². The van der Waals surface area contributed by atoms with Crippen molar-refractivity contribution in [2.24, 2.45) is 0 Å². The first kappa shape index (κ1) is 13.7. The number of sulfonamides is 1. The minimum Gasteiger partial charge on any atom is -0.314 e. The Morgan fingerprint density at radius 2 is 2.22 bits per heavy atom. The number of hydrogen-bond acceptors (Lipinski definition) is 3. The summed E-state index contributed by atoms with van der Waals surface area (Å²) in [5.74, 6) is -0.621. The third-order valence-corrected chi connectivity index (χ3v) is 5.24. The van der Waals surface area contributed by atoms with E-state index in [1.54, 1.807) is 0 Å². The van der Waals surface area contributed by atoms with Gasteiger partial charge in [-0.05, 0) is 25.1 Å². The second kappa shape index (κ2) is 5.13. The molecule has 0 aromatic heterocycles. The van der Waals surface area contributed by atoms with Crippen LogP contribution < -0.4 is 5.32 Å². The van der Waals surface area contributed by atoms with Crippen molar-refractivity contribution in [1.82, 2.24) is 9.62 Å². The topological polar surface area (TPSA) is 49.4 Å². The number of piperazine rings is 1. The van der Waals surface area contributed by atoms with Gasteiger partial charge in [0.2, 0.25) is 10.0 Å². The summed E-state index contributed by atoms with van der Waals surface area (Å²) in [5.41, 5.74) is 0. The molecule has 0 saturated carbocycles. The quantitative estimate of drug-likeness (QED) is 0.898. The van der Waals surface area contributed by atoms with Gasteiger partial charge in [0.1, 0.15) is 5.82 Å². The average Bonchev–Trinajstić information content (AvgIpc) is 2.33. The van der Waals surface area contributed by atoms with Gasteiger partial charge in [-0.15, -0.1) is 0 Å². The number of benzene rings is 1. The second-order valence-electron chi connectivity index (χ2n) is 4.24. The Hall–Kier alpha value is -0.690. The molecular weight excluding hydrogens is 279 g/mol. The highest BCUT2D eigenvalue weighted by molar-refractivity contribution is 7.89. The van der Waals surface area contributed by atoms with Gasteiger partial charge in [-0.2, -0.15) is 4.31 Å². The molecule has 0 spiro atoms. The number of halogens is 2. The fourth-order valence-electron chi connectivity index (χ4n) is 1.95. The monoisotopic (exact) mass is 292 g/mol. The Morgan fingerprint density at radius 1 is 1.50 bits per heavy atom. The molecule has 2 rings (SSSR count). The molecule has 0 bridgehead atoms. The summed E-state index contributed by atoms with van der Waals surface area (Å²) >= 11 is 5.62. The van der Waals surface area contributed by atoms with Crippen LogP contribution in [0.2, 0.25) is 5.02 Å². The predicted octanol–water partition coefficient (Wildman–Crippen LogP) is 1.46. The lowest BCUT2D eigenvalue weighted by atomic mass is 10.3. The summed E-state index contributed by atoms with van der Waals surface area (Å²) in [6.45, 7) is 3.44. The van der Waals surface area contributed by atoms with E-state index in [9.17, 15) is 12.8 Å². The smallest absolute Gasteiger partial charge is 0.243 e. The van der Waals surface area contributed by atoms with E-state index in [1.165, 1.54) is 10.4 Å². The molecule has 1 aromatic carbocycles. The second-order valence-corrected chi connectivity index (χ2v) is 6.54. The maximum atomic E-state index is 13.1. The normalized spacial score (nSPS) is 22.1. The Bertz CT molecular complexity index is 550. The molecule has 1 N–H and O–H groups in total. The van der Waals surface area contributed by atoms with Gasteiger partial charge in [-0.1, -0.05) is 11.6 Å². The van der Waals surface area contributed by atoms with E-state index >= 15 is 0 Å². The van der Waals surface area contributed by atoms with E-state index in [-0.39, 0.29) is 16.0 Å². The van der Waals surface area contributed by atoms with Crippen LogP contribution in [0.1, 0.15) is 6.92 Å². The molecule has 7 heteroatoms. The minimum absolute atomic E-state index is 0.0302. The number of hydrogen-bond donors (Lipinski definition) is 1. The summed E-state index contributed by atoms with van der Waals surface area (Å²) in [5, 5.41) is 2.93. The lowest BCUT2D eigenvalue weighted by Gasteiger charge is -2.32. The zero-order valence-electron chi connectivity index (χ0n) is 9.86. The minimum atomic E-state index is -3.61. The van der Waals surface area contributed by atoms with Crippen molar-refractivity contribution in [3.63, 3.8) is 0 Å². The molecule has 0 amide bonds. The van der Waals surface area contributed by atoms with Gasteiger partial charge in [0.05, 0.1) is 9.92 Å². The van der Waals surface area contributed by atoms with Crippen molar-refractivity contribution < 1.29 is 12.8 Å². The first-order valence-electron chi connectivity index (χ1n) is 5.60. The van der Waals surface area contributed by atoms with Gasteiger partial charge in [-0.3, -0.25) is 0 Å². The molecule has 1 saturated heterocycles. The SMILES string of the molecule is C[C@H]1CNCCN1S(=O)(=O)c1ccc(F)c(Cl)c1. The first-order chi connectivity index (χ1) is 8.43. The van der Waals surface area contributed by atoms with E-state index in [0.717, 1.165) is 12.1 Å². The van der Waals surface area contributed by atoms with E-state index in [4.69, 9.17) is 11.6 Å². The van der Waals surface area contributed by atoms with E-state index in [0.29, 0.717) is 19.6 Å². The van der Waals surface area contributed by atoms with Crippen molar-refractivity contribution in [1.29, 1.82) is 0 Å². The molecule has 1 aliphatic heterocycles. The van der Waals surface area contributed by atoms with Gasteiger partial charge in [0.25, 0.3) is 0 Å².